The SMILES string of the molecule is O=C(NC1=N[C@]2(c3ccccc3F)COC[C@@H]2C(CI)S1)OCC1c2ccccc2-c2ccccc21. The van der Waals surface area contributed by atoms with Gasteiger partial charge in [0, 0.05) is 27.1 Å². The minimum Gasteiger partial charge on any atom is -0.448 e. The lowest BCUT2D eigenvalue weighted by Crippen LogP contribution is -2.47. The van der Waals surface area contributed by atoms with E-state index in [1.54, 1.807) is 12.1 Å². The molecule has 0 bridgehead atoms. The number of amides is 1. The fraction of sp³-hybridized carbons (Fsp3) is 0.286. The molecule has 5 nitrogen and oxygen atoms in total. The summed E-state index contributed by atoms with van der Waals surface area (Å²) in [6, 6.07) is 23.2. The Kier molecular flexibility index (Phi) is 6.51. The summed E-state index contributed by atoms with van der Waals surface area (Å²) in [4.78, 5) is 17.8. The Bertz CT molecular complexity index is 1310. The maximum absolute atomic E-state index is 14.9. The molecule has 1 N–H and O–H groups in total. The third-order valence-electron chi connectivity index (χ3n) is 7.29. The third-order valence-corrected chi connectivity index (χ3v) is 10.1. The first-order chi connectivity index (χ1) is 17.6. The van der Waals surface area contributed by atoms with E-state index in [-0.39, 0.29) is 36.1 Å². The van der Waals surface area contributed by atoms with Crippen LogP contribution >= 0.6 is 34.4 Å². The molecule has 6 rings (SSSR count). The smallest absolute Gasteiger partial charge is 0.413 e. The zero-order chi connectivity index (χ0) is 24.7. The topological polar surface area (TPSA) is 59.9 Å². The molecule has 0 radical (unpaired) electrons. The number of carbonyl (C=O) groups is 1. The molecule has 36 heavy (non-hydrogen) atoms. The number of carbonyl (C=O) groups excluding carboxylic acids is 1. The van der Waals surface area contributed by atoms with E-state index in [4.69, 9.17) is 14.5 Å². The van der Waals surface area contributed by atoms with Crippen molar-refractivity contribution >= 4 is 45.6 Å². The van der Waals surface area contributed by atoms with Crippen LogP contribution in [-0.2, 0) is 15.0 Å². The summed E-state index contributed by atoms with van der Waals surface area (Å²) in [5, 5.41) is 3.42. The second-order valence-corrected chi connectivity index (χ2v) is 11.3. The molecule has 8 heteroatoms. The summed E-state index contributed by atoms with van der Waals surface area (Å²) < 4.78 is 27.3. The van der Waals surface area contributed by atoms with Crippen LogP contribution in [0.25, 0.3) is 11.1 Å². The lowest BCUT2D eigenvalue weighted by Gasteiger charge is -2.39. The van der Waals surface area contributed by atoms with E-state index in [0.29, 0.717) is 17.3 Å². The zero-order valence-electron chi connectivity index (χ0n) is 19.3. The fourth-order valence-corrected chi connectivity index (χ4v) is 7.95. The van der Waals surface area contributed by atoms with Crippen LogP contribution in [0.5, 0.6) is 0 Å². The molecule has 3 aliphatic rings. The van der Waals surface area contributed by atoms with Gasteiger partial charge in [0.15, 0.2) is 5.17 Å². The van der Waals surface area contributed by atoms with Crippen molar-refractivity contribution in [3.8, 4) is 11.1 Å². The van der Waals surface area contributed by atoms with Crippen molar-refractivity contribution in [2.45, 2.75) is 16.7 Å². The summed E-state index contributed by atoms with van der Waals surface area (Å²) in [5.41, 5.74) is 4.32. The highest BCUT2D eigenvalue weighted by Crippen LogP contribution is 2.49. The first kappa shape index (κ1) is 23.9. The van der Waals surface area contributed by atoms with Crippen LogP contribution in [0.1, 0.15) is 22.6 Å². The highest BCUT2D eigenvalue weighted by Gasteiger charge is 2.53. The van der Waals surface area contributed by atoms with Crippen LogP contribution in [0.4, 0.5) is 9.18 Å². The standard InChI is InChI=1S/C28H24FIN2O3S/c29-24-12-6-5-11-22(24)28-16-34-15-23(28)25(13-30)36-26(32-28)31-27(33)35-14-21-19-9-3-1-7-17(19)18-8-2-4-10-20(18)21/h1-12,21,23,25H,13-16H2,(H,31,32,33)/t23-,25?,28+/m1/s1. The molecule has 3 atom stereocenters. The van der Waals surface area contributed by atoms with Crippen molar-refractivity contribution in [1.82, 2.24) is 5.32 Å². The van der Waals surface area contributed by atoms with Gasteiger partial charge in [-0.3, -0.25) is 5.32 Å². The van der Waals surface area contributed by atoms with Crippen LogP contribution in [-0.4, -0.2) is 40.8 Å². The van der Waals surface area contributed by atoms with Crippen molar-refractivity contribution in [3.63, 3.8) is 0 Å². The van der Waals surface area contributed by atoms with Gasteiger partial charge in [-0.1, -0.05) is 101 Å². The minimum atomic E-state index is -0.863. The van der Waals surface area contributed by atoms with Gasteiger partial charge in [-0.25, -0.2) is 14.2 Å². The maximum atomic E-state index is 14.9. The predicted octanol–water partition coefficient (Wildman–Crippen LogP) is 6.11. The Morgan fingerprint density at radius 1 is 1.08 bits per heavy atom. The highest BCUT2D eigenvalue weighted by atomic mass is 127. The summed E-state index contributed by atoms with van der Waals surface area (Å²) in [7, 11) is 0. The largest absolute Gasteiger partial charge is 0.448 e. The number of benzene rings is 3. The van der Waals surface area contributed by atoms with Crippen molar-refractivity contribution in [1.29, 1.82) is 0 Å². The number of amidine groups is 1. The molecule has 1 aliphatic carbocycles. The van der Waals surface area contributed by atoms with E-state index in [2.05, 4.69) is 52.2 Å². The number of hydrogen-bond donors (Lipinski definition) is 1. The number of nitrogens with one attached hydrogen (secondary N) is 1. The molecule has 184 valence electrons. The van der Waals surface area contributed by atoms with Gasteiger partial charge in [0.2, 0.25) is 0 Å². The first-order valence-corrected chi connectivity index (χ1v) is 14.3. The van der Waals surface area contributed by atoms with Gasteiger partial charge in [-0.15, -0.1) is 0 Å². The summed E-state index contributed by atoms with van der Waals surface area (Å²) in [6.45, 7) is 1.01. The van der Waals surface area contributed by atoms with Gasteiger partial charge in [-0.2, -0.15) is 0 Å². The number of alkyl halides is 1. The van der Waals surface area contributed by atoms with Crippen molar-refractivity contribution in [3.05, 3.63) is 95.3 Å². The van der Waals surface area contributed by atoms with Crippen LogP contribution in [0, 0.1) is 11.7 Å². The molecule has 0 saturated carbocycles. The van der Waals surface area contributed by atoms with E-state index in [1.165, 1.54) is 29.0 Å². The molecule has 2 heterocycles. The van der Waals surface area contributed by atoms with E-state index < -0.39 is 11.6 Å². The van der Waals surface area contributed by atoms with Crippen molar-refractivity contribution < 1.29 is 18.7 Å². The number of thioether (sulfide) groups is 1. The normalized spacial score (nSPS) is 24.4. The number of aliphatic imine (C=N–C) groups is 1. The second-order valence-electron chi connectivity index (χ2n) is 9.20. The number of halogens is 2. The number of nitrogens with zero attached hydrogens (tertiary/aromatic N) is 1. The monoisotopic (exact) mass is 614 g/mol. The van der Waals surface area contributed by atoms with Crippen LogP contribution in [0.3, 0.4) is 0 Å². The Hall–Kier alpha value is -2.43. The summed E-state index contributed by atoms with van der Waals surface area (Å²) in [5.74, 6) is -0.315. The molecule has 2 aliphatic heterocycles. The Balaban J connectivity index is 1.23. The number of hydrogen-bond acceptors (Lipinski definition) is 5. The highest BCUT2D eigenvalue weighted by molar-refractivity contribution is 14.1. The number of rotatable bonds is 4. The van der Waals surface area contributed by atoms with Crippen molar-refractivity contribution in [2.75, 3.05) is 24.2 Å². The molecule has 1 saturated heterocycles. The van der Waals surface area contributed by atoms with E-state index in [0.717, 1.165) is 15.6 Å². The molecule has 3 aromatic carbocycles. The molecular weight excluding hydrogens is 590 g/mol. The lowest BCUT2D eigenvalue weighted by molar-refractivity contribution is 0.148. The van der Waals surface area contributed by atoms with Crippen LogP contribution < -0.4 is 5.32 Å². The average molecular weight is 614 g/mol. The molecule has 1 amide bonds. The summed E-state index contributed by atoms with van der Waals surface area (Å²) in [6.07, 6.45) is -0.559. The molecule has 1 unspecified atom stereocenters. The van der Waals surface area contributed by atoms with Crippen LogP contribution in [0.2, 0.25) is 0 Å². The fourth-order valence-electron chi connectivity index (χ4n) is 5.62. The molecule has 0 spiro atoms. The van der Waals surface area contributed by atoms with Gasteiger partial charge in [0.05, 0.1) is 13.2 Å². The Labute approximate surface area is 227 Å². The minimum absolute atomic E-state index is 0.0179. The number of fused-ring (bicyclic) bond motifs is 4. The van der Waals surface area contributed by atoms with E-state index in [9.17, 15) is 9.18 Å². The Morgan fingerprint density at radius 3 is 2.44 bits per heavy atom. The summed E-state index contributed by atoms with van der Waals surface area (Å²) >= 11 is 3.83. The number of alkyl carbamates (subject to hydrolysis) is 1. The molecule has 3 aromatic rings. The van der Waals surface area contributed by atoms with Gasteiger partial charge < -0.3 is 9.47 Å². The van der Waals surface area contributed by atoms with Gasteiger partial charge in [0.1, 0.15) is 18.0 Å². The number of ether oxygens (including phenoxy) is 2. The van der Waals surface area contributed by atoms with Gasteiger partial charge in [0.25, 0.3) is 0 Å². The van der Waals surface area contributed by atoms with E-state index >= 15 is 0 Å². The van der Waals surface area contributed by atoms with Gasteiger partial charge >= 0.3 is 6.09 Å². The predicted molar refractivity (Wildman–Crippen MR) is 148 cm³/mol. The quantitative estimate of drug-likeness (QED) is 0.285. The molecule has 1 fully saturated rings. The van der Waals surface area contributed by atoms with Crippen molar-refractivity contribution in [2.24, 2.45) is 10.9 Å². The zero-order valence-corrected chi connectivity index (χ0v) is 22.3. The first-order valence-electron chi connectivity index (χ1n) is 11.9. The molecular formula is C28H24FIN2O3S. The average Bonchev–Trinajstić information content (AvgIpc) is 3.47. The van der Waals surface area contributed by atoms with Gasteiger partial charge in [-0.05, 0) is 28.3 Å². The lowest BCUT2D eigenvalue weighted by atomic mass is 9.79. The Morgan fingerprint density at radius 2 is 1.75 bits per heavy atom. The maximum Gasteiger partial charge on any atom is 0.413 e. The molecule has 0 aromatic heterocycles. The van der Waals surface area contributed by atoms with E-state index in [1.807, 2.05) is 30.3 Å². The van der Waals surface area contributed by atoms with Crippen LogP contribution in [0.15, 0.2) is 77.8 Å². The second kappa shape index (κ2) is 9.79. The third kappa shape index (κ3) is 4.03.